The Bertz CT molecular complexity index is 456. The van der Waals surface area contributed by atoms with Gasteiger partial charge in [-0.15, -0.1) is 0 Å². The van der Waals surface area contributed by atoms with Crippen LogP contribution in [0.1, 0.15) is 31.2 Å². The topological polar surface area (TPSA) is 85.5 Å². The molecule has 6 heteroatoms. The first-order chi connectivity index (χ1) is 9.10. The summed E-state index contributed by atoms with van der Waals surface area (Å²) in [4.78, 5) is 14.2. The Labute approximate surface area is 111 Å². The number of hydrogen-bond donors (Lipinski definition) is 1. The highest BCUT2D eigenvalue weighted by Gasteiger charge is 2.22. The molecule has 0 aliphatic heterocycles. The van der Waals surface area contributed by atoms with Crippen LogP contribution in [-0.4, -0.2) is 27.7 Å². The molecule has 0 spiro atoms. The fourth-order valence-corrected chi connectivity index (χ4v) is 2.38. The fourth-order valence-electron chi connectivity index (χ4n) is 2.38. The van der Waals surface area contributed by atoms with E-state index >= 15 is 0 Å². The largest absolute Gasteiger partial charge is 0.474 e. The van der Waals surface area contributed by atoms with Crippen molar-refractivity contribution in [1.29, 1.82) is 0 Å². The van der Waals surface area contributed by atoms with Crippen molar-refractivity contribution in [1.82, 2.24) is 4.98 Å². The van der Waals surface area contributed by atoms with E-state index < -0.39 is 4.92 Å². The highest BCUT2D eigenvalue weighted by molar-refractivity contribution is 5.39. The zero-order valence-electron chi connectivity index (χ0n) is 10.9. The predicted octanol–water partition coefficient (Wildman–Crippen LogP) is 2.23. The Balaban J connectivity index is 1.97. The Morgan fingerprint density at radius 3 is 2.68 bits per heavy atom. The van der Waals surface area contributed by atoms with E-state index in [9.17, 15) is 10.1 Å². The van der Waals surface area contributed by atoms with Crippen LogP contribution in [0.3, 0.4) is 0 Å². The Kier molecular flexibility index (Phi) is 4.31. The molecule has 1 fully saturated rings. The van der Waals surface area contributed by atoms with E-state index in [4.69, 9.17) is 9.84 Å². The standard InChI is InChI=1S/C13H18N2O4/c1-9-6-13(14-7-12(9)15(17)18)19-11-4-2-10(8-16)3-5-11/h6-7,10-11,16H,2-5,8H2,1H3. The summed E-state index contributed by atoms with van der Waals surface area (Å²) >= 11 is 0. The second kappa shape index (κ2) is 5.97. The summed E-state index contributed by atoms with van der Waals surface area (Å²) < 4.78 is 5.75. The second-order valence-electron chi connectivity index (χ2n) is 5.01. The summed E-state index contributed by atoms with van der Waals surface area (Å²) in [6.07, 6.45) is 5.02. The molecular weight excluding hydrogens is 248 g/mol. The number of aryl methyl sites for hydroxylation is 1. The summed E-state index contributed by atoms with van der Waals surface area (Å²) in [5.41, 5.74) is 0.565. The SMILES string of the molecule is Cc1cc(OC2CCC(CO)CC2)ncc1[N+](=O)[O-]. The molecule has 1 N–H and O–H groups in total. The monoisotopic (exact) mass is 266 g/mol. The minimum Gasteiger partial charge on any atom is -0.474 e. The van der Waals surface area contributed by atoms with Crippen molar-refractivity contribution in [2.45, 2.75) is 38.7 Å². The number of aromatic nitrogens is 1. The van der Waals surface area contributed by atoms with E-state index in [2.05, 4.69) is 4.98 Å². The van der Waals surface area contributed by atoms with E-state index in [1.165, 1.54) is 6.20 Å². The van der Waals surface area contributed by atoms with Gasteiger partial charge in [0.15, 0.2) is 0 Å². The van der Waals surface area contributed by atoms with Gasteiger partial charge < -0.3 is 9.84 Å². The van der Waals surface area contributed by atoms with Crippen molar-refractivity contribution in [3.63, 3.8) is 0 Å². The van der Waals surface area contributed by atoms with Crippen LogP contribution in [0.2, 0.25) is 0 Å². The first kappa shape index (κ1) is 13.7. The molecule has 19 heavy (non-hydrogen) atoms. The van der Waals surface area contributed by atoms with Crippen molar-refractivity contribution in [2.75, 3.05) is 6.61 Å². The zero-order chi connectivity index (χ0) is 13.8. The van der Waals surface area contributed by atoms with Gasteiger partial charge in [0.25, 0.3) is 5.69 Å². The number of rotatable bonds is 4. The van der Waals surface area contributed by atoms with Gasteiger partial charge in [0.1, 0.15) is 12.3 Å². The molecule has 1 saturated carbocycles. The molecular formula is C13H18N2O4. The van der Waals surface area contributed by atoms with Gasteiger partial charge in [-0.1, -0.05) is 0 Å². The van der Waals surface area contributed by atoms with Crippen molar-refractivity contribution in [3.8, 4) is 5.88 Å². The van der Waals surface area contributed by atoms with Crippen LogP contribution in [0.25, 0.3) is 0 Å². The average Bonchev–Trinajstić information content (AvgIpc) is 2.39. The van der Waals surface area contributed by atoms with Crippen molar-refractivity contribution in [2.24, 2.45) is 5.92 Å². The lowest BCUT2D eigenvalue weighted by Crippen LogP contribution is -2.25. The first-order valence-electron chi connectivity index (χ1n) is 6.48. The van der Waals surface area contributed by atoms with Crippen LogP contribution < -0.4 is 4.74 Å². The second-order valence-corrected chi connectivity index (χ2v) is 5.01. The summed E-state index contributed by atoms with van der Waals surface area (Å²) in [6.45, 7) is 1.91. The Morgan fingerprint density at radius 2 is 2.16 bits per heavy atom. The van der Waals surface area contributed by atoms with Gasteiger partial charge in [-0.25, -0.2) is 4.98 Å². The molecule has 1 aliphatic carbocycles. The minimum atomic E-state index is -0.446. The Hall–Kier alpha value is -1.69. The van der Waals surface area contributed by atoms with Gasteiger partial charge in [0.2, 0.25) is 5.88 Å². The molecule has 1 aromatic heterocycles. The molecule has 1 aromatic rings. The van der Waals surface area contributed by atoms with Crippen LogP contribution >= 0.6 is 0 Å². The van der Waals surface area contributed by atoms with E-state index in [1.807, 2.05) is 0 Å². The molecule has 0 saturated heterocycles. The molecule has 0 bridgehead atoms. The zero-order valence-corrected chi connectivity index (χ0v) is 10.9. The fraction of sp³-hybridized carbons (Fsp3) is 0.615. The molecule has 104 valence electrons. The van der Waals surface area contributed by atoms with Gasteiger partial charge in [-0.3, -0.25) is 10.1 Å². The lowest BCUT2D eigenvalue weighted by atomic mass is 9.88. The number of hydrogen-bond acceptors (Lipinski definition) is 5. The van der Waals surface area contributed by atoms with Crippen LogP contribution in [-0.2, 0) is 0 Å². The number of nitro groups is 1. The van der Waals surface area contributed by atoms with E-state index in [0.29, 0.717) is 17.4 Å². The maximum atomic E-state index is 10.7. The van der Waals surface area contributed by atoms with Crippen LogP contribution in [0, 0.1) is 23.0 Å². The lowest BCUT2D eigenvalue weighted by Gasteiger charge is -2.27. The molecule has 1 heterocycles. The van der Waals surface area contributed by atoms with Gasteiger partial charge >= 0.3 is 0 Å². The quantitative estimate of drug-likeness (QED) is 0.667. The summed E-state index contributed by atoms with van der Waals surface area (Å²) in [5.74, 6) is 0.821. The van der Waals surface area contributed by atoms with Crippen molar-refractivity contribution < 1.29 is 14.8 Å². The summed E-state index contributed by atoms with van der Waals surface area (Å²) in [7, 11) is 0. The predicted molar refractivity (Wildman–Crippen MR) is 69.1 cm³/mol. The van der Waals surface area contributed by atoms with Gasteiger partial charge in [-0.2, -0.15) is 0 Å². The number of pyridine rings is 1. The third-order valence-electron chi connectivity index (χ3n) is 3.59. The molecule has 0 aromatic carbocycles. The number of aliphatic hydroxyl groups is 1. The van der Waals surface area contributed by atoms with Crippen LogP contribution in [0.5, 0.6) is 5.88 Å². The van der Waals surface area contributed by atoms with Crippen molar-refractivity contribution in [3.05, 3.63) is 27.9 Å². The molecule has 6 nitrogen and oxygen atoms in total. The van der Waals surface area contributed by atoms with Crippen LogP contribution in [0.15, 0.2) is 12.3 Å². The maximum absolute atomic E-state index is 10.7. The smallest absolute Gasteiger partial charge is 0.290 e. The number of ether oxygens (including phenoxy) is 1. The maximum Gasteiger partial charge on any atom is 0.290 e. The third-order valence-corrected chi connectivity index (χ3v) is 3.59. The highest BCUT2D eigenvalue weighted by Crippen LogP contribution is 2.28. The minimum absolute atomic E-state index is 0.0105. The van der Waals surface area contributed by atoms with Gasteiger partial charge in [0.05, 0.1) is 4.92 Å². The van der Waals surface area contributed by atoms with E-state index in [0.717, 1.165) is 25.7 Å². The molecule has 2 rings (SSSR count). The molecule has 0 radical (unpaired) electrons. The average molecular weight is 266 g/mol. The number of aliphatic hydroxyl groups excluding tert-OH is 1. The molecule has 1 aliphatic rings. The summed E-state index contributed by atoms with van der Waals surface area (Å²) in [5, 5.41) is 19.8. The third kappa shape index (κ3) is 3.41. The Morgan fingerprint density at radius 1 is 1.47 bits per heavy atom. The number of nitrogens with zero attached hydrogens (tertiary/aromatic N) is 2. The molecule has 0 amide bonds. The van der Waals surface area contributed by atoms with Crippen molar-refractivity contribution >= 4 is 5.69 Å². The molecule has 0 unspecified atom stereocenters. The first-order valence-corrected chi connectivity index (χ1v) is 6.48. The normalized spacial score (nSPS) is 23.1. The lowest BCUT2D eigenvalue weighted by molar-refractivity contribution is -0.385. The highest BCUT2D eigenvalue weighted by atomic mass is 16.6. The summed E-state index contributed by atoms with van der Waals surface area (Å²) in [6, 6.07) is 1.61. The molecule has 0 atom stereocenters. The van der Waals surface area contributed by atoms with E-state index in [-0.39, 0.29) is 18.4 Å². The van der Waals surface area contributed by atoms with Gasteiger partial charge in [-0.05, 0) is 38.5 Å². The van der Waals surface area contributed by atoms with Crippen LogP contribution in [0.4, 0.5) is 5.69 Å². The van der Waals surface area contributed by atoms with Gasteiger partial charge in [0, 0.05) is 18.2 Å². The van der Waals surface area contributed by atoms with E-state index in [1.54, 1.807) is 13.0 Å².